The highest BCUT2D eigenvalue weighted by Gasteiger charge is 2.38. The summed E-state index contributed by atoms with van der Waals surface area (Å²) in [5, 5.41) is 16.2. The minimum Gasteiger partial charge on any atom is -0.381 e. The normalized spacial score (nSPS) is 21.7. The molecular weight excluding hydrogens is 505 g/mol. The Kier molecular flexibility index (Phi) is 6.71. The molecule has 2 fully saturated rings. The van der Waals surface area contributed by atoms with Gasteiger partial charge >= 0.3 is 6.18 Å². The lowest BCUT2D eigenvalue weighted by atomic mass is 9.91. The Bertz CT molecular complexity index is 1350. The molecule has 3 N–H and O–H groups in total. The van der Waals surface area contributed by atoms with E-state index in [2.05, 4.69) is 20.6 Å². The number of nitrogens with zero attached hydrogens (tertiary/aromatic N) is 2. The average molecular weight is 533 g/mol. The molecular formula is C26H27F3N4O3S. The minimum absolute atomic E-state index is 0.0559. The van der Waals surface area contributed by atoms with Gasteiger partial charge in [0.05, 0.1) is 21.4 Å². The summed E-state index contributed by atoms with van der Waals surface area (Å²) in [6.45, 7) is 0.887. The molecule has 7 nitrogen and oxygen atoms in total. The zero-order valence-electron chi connectivity index (χ0n) is 19.9. The zero-order chi connectivity index (χ0) is 26.3. The van der Waals surface area contributed by atoms with Crippen LogP contribution in [0.3, 0.4) is 0 Å². The Balaban J connectivity index is 1.21. The monoisotopic (exact) mass is 532 g/mol. The lowest BCUT2D eigenvalue weighted by Crippen LogP contribution is -2.57. The molecule has 11 heteroatoms. The molecule has 0 spiro atoms. The van der Waals surface area contributed by atoms with Crippen molar-refractivity contribution >= 4 is 15.7 Å². The fraction of sp³-hybridized carbons (Fsp3) is 0.385. The van der Waals surface area contributed by atoms with Crippen molar-refractivity contribution in [1.82, 2.24) is 15.3 Å². The van der Waals surface area contributed by atoms with Crippen LogP contribution >= 0.6 is 0 Å². The third kappa shape index (κ3) is 5.34. The van der Waals surface area contributed by atoms with E-state index in [1.807, 2.05) is 12.1 Å². The van der Waals surface area contributed by atoms with E-state index in [0.29, 0.717) is 50.3 Å². The van der Waals surface area contributed by atoms with Gasteiger partial charge in [-0.3, -0.25) is 4.98 Å². The van der Waals surface area contributed by atoms with Crippen molar-refractivity contribution in [3.8, 4) is 11.1 Å². The highest BCUT2D eigenvalue weighted by Crippen LogP contribution is 2.33. The van der Waals surface area contributed by atoms with Crippen molar-refractivity contribution in [3.63, 3.8) is 0 Å². The summed E-state index contributed by atoms with van der Waals surface area (Å²) < 4.78 is 64.7. The molecule has 3 heterocycles. The van der Waals surface area contributed by atoms with Crippen LogP contribution in [0.15, 0.2) is 65.8 Å². The highest BCUT2D eigenvalue weighted by molar-refractivity contribution is 7.92. The molecule has 0 bridgehead atoms. The number of anilines is 1. The number of pyridine rings is 2. The number of alkyl halides is 3. The predicted octanol–water partition coefficient (Wildman–Crippen LogP) is 4.15. The standard InChI is InChI=1S/C26H27F3N4O3S/c27-26(28,29)19-3-10-24(32-14-19)33-20-4-8-22(9-5-20)37(35,36)21-6-1-17(2-7-21)18-11-12-31-23(13-18)25(34)15-30-16-25/h1-3,6-7,10-14,20,22,30,34H,4-5,8-9,15-16H2,(H,32,33). The van der Waals surface area contributed by atoms with E-state index in [1.165, 1.54) is 6.07 Å². The van der Waals surface area contributed by atoms with Crippen molar-refractivity contribution in [2.75, 3.05) is 18.4 Å². The first-order chi connectivity index (χ1) is 17.5. The Morgan fingerprint density at radius 2 is 1.65 bits per heavy atom. The van der Waals surface area contributed by atoms with Crippen LogP contribution in [0, 0.1) is 0 Å². The summed E-state index contributed by atoms with van der Waals surface area (Å²) >= 11 is 0. The molecule has 3 aromatic rings. The molecule has 1 saturated heterocycles. The molecule has 196 valence electrons. The predicted molar refractivity (Wildman–Crippen MR) is 133 cm³/mol. The van der Waals surface area contributed by atoms with Gasteiger partial charge in [0.15, 0.2) is 9.84 Å². The van der Waals surface area contributed by atoms with Crippen LogP contribution in [0.2, 0.25) is 0 Å². The van der Waals surface area contributed by atoms with Gasteiger partial charge in [0.25, 0.3) is 0 Å². The SMILES string of the molecule is O=S(=O)(c1ccc(-c2ccnc(C3(O)CNC3)c2)cc1)C1CCC(Nc2ccc(C(F)(F)F)cn2)CC1. The maximum absolute atomic E-state index is 13.3. The number of nitrogens with one attached hydrogen (secondary N) is 2. The Hall–Kier alpha value is -3.02. The smallest absolute Gasteiger partial charge is 0.381 e. The van der Waals surface area contributed by atoms with Crippen LogP contribution < -0.4 is 10.6 Å². The van der Waals surface area contributed by atoms with E-state index < -0.39 is 32.4 Å². The van der Waals surface area contributed by atoms with Crippen molar-refractivity contribution < 1.29 is 26.7 Å². The molecule has 0 amide bonds. The number of sulfone groups is 1. The molecule has 0 radical (unpaired) electrons. The maximum Gasteiger partial charge on any atom is 0.417 e. The van der Waals surface area contributed by atoms with E-state index in [9.17, 15) is 26.7 Å². The first-order valence-corrected chi connectivity index (χ1v) is 13.6. The number of hydrogen-bond acceptors (Lipinski definition) is 7. The number of halogens is 3. The van der Waals surface area contributed by atoms with Gasteiger partial charge in [0.2, 0.25) is 0 Å². The van der Waals surface area contributed by atoms with E-state index in [0.717, 1.165) is 23.4 Å². The Morgan fingerprint density at radius 1 is 0.946 bits per heavy atom. The zero-order valence-corrected chi connectivity index (χ0v) is 20.7. The Morgan fingerprint density at radius 3 is 2.22 bits per heavy atom. The maximum atomic E-state index is 13.3. The summed E-state index contributed by atoms with van der Waals surface area (Å²) in [4.78, 5) is 8.38. The molecule has 0 unspecified atom stereocenters. The van der Waals surface area contributed by atoms with E-state index in [-0.39, 0.29) is 10.9 Å². The molecule has 1 aromatic carbocycles. The largest absolute Gasteiger partial charge is 0.417 e. The summed E-state index contributed by atoms with van der Waals surface area (Å²) in [6.07, 6.45) is 0.0306. The van der Waals surface area contributed by atoms with Crippen molar-refractivity contribution in [3.05, 3.63) is 72.2 Å². The fourth-order valence-electron chi connectivity index (χ4n) is 4.81. The quantitative estimate of drug-likeness (QED) is 0.438. The number of rotatable bonds is 6. The number of aromatic nitrogens is 2. The van der Waals surface area contributed by atoms with Crippen LogP contribution in [0.25, 0.3) is 11.1 Å². The number of aliphatic hydroxyl groups is 1. The number of benzene rings is 1. The fourth-order valence-corrected chi connectivity index (χ4v) is 6.60. The van der Waals surface area contributed by atoms with Crippen molar-refractivity contribution in [2.24, 2.45) is 0 Å². The molecule has 37 heavy (non-hydrogen) atoms. The molecule has 1 aliphatic carbocycles. The minimum atomic E-state index is -4.44. The van der Waals surface area contributed by atoms with Gasteiger partial charge in [-0.05, 0) is 73.2 Å². The molecule has 5 rings (SSSR count). The Labute approximate surface area is 213 Å². The second kappa shape index (κ2) is 9.70. The van der Waals surface area contributed by atoms with Crippen LogP contribution in [-0.4, -0.2) is 47.9 Å². The van der Waals surface area contributed by atoms with Crippen LogP contribution in [0.4, 0.5) is 19.0 Å². The average Bonchev–Trinajstić information content (AvgIpc) is 2.87. The van der Waals surface area contributed by atoms with Gasteiger partial charge < -0.3 is 15.7 Å². The van der Waals surface area contributed by atoms with Crippen LogP contribution in [0.5, 0.6) is 0 Å². The topological polar surface area (TPSA) is 104 Å². The van der Waals surface area contributed by atoms with Crippen LogP contribution in [0.1, 0.15) is 36.9 Å². The van der Waals surface area contributed by atoms with Gasteiger partial charge in [0, 0.05) is 31.5 Å². The van der Waals surface area contributed by atoms with Gasteiger partial charge in [-0.1, -0.05) is 12.1 Å². The summed E-state index contributed by atoms with van der Waals surface area (Å²) in [5.41, 5.74) is 0.469. The second-order valence-corrected chi connectivity index (χ2v) is 11.9. The van der Waals surface area contributed by atoms with E-state index in [4.69, 9.17) is 0 Å². The van der Waals surface area contributed by atoms with Gasteiger partial charge in [0.1, 0.15) is 11.4 Å². The summed E-state index contributed by atoms with van der Waals surface area (Å²) in [6, 6.07) is 12.6. The van der Waals surface area contributed by atoms with Gasteiger partial charge in [-0.25, -0.2) is 13.4 Å². The van der Waals surface area contributed by atoms with Crippen molar-refractivity contribution in [1.29, 1.82) is 0 Å². The molecule has 1 aliphatic heterocycles. The molecule has 1 saturated carbocycles. The third-order valence-corrected chi connectivity index (χ3v) is 9.42. The van der Waals surface area contributed by atoms with Crippen LogP contribution in [-0.2, 0) is 21.6 Å². The molecule has 2 aliphatic rings. The number of β-amino-alcohol motifs (C(OH)–C–C–N with tert-alkyl or cyclic N) is 1. The summed E-state index contributed by atoms with van der Waals surface area (Å²) in [5.74, 6) is 0.342. The highest BCUT2D eigenvalue weighted by atomic mass is 32.2. The third-order valence-electron chi connectivity index (χ3n) is 7.14. The molecule has 0 atom stereocenters. The second-order valence-electron chi connectivity index (χ2n) is 9.68. The summed E-state index contributed by atoms with van der Waals surface area (Å²) in [7, 11) is -3.53. The van der Waals surface area contributed by atoms with Gasteiger partial charge in [-0.15, -0.1) is 0 Å². The van der Waals surface area contributed by atoms with E-state index in [1.54, 1.807) is 30.5 Å². The van der Waals surface area contributed by atoms with Gasteiger partial charge in [-0.2, -0.15) is 13.2 Å². The van der Waals surface area contributed by atoms with E-state index >= 15 is 0 Å². The van der Waals surface area contributed by atoms with Crippen molar-refractivity contribution in [2.45, 2.75) is 53.6 Å². The number of hydrogen-bond donors (Lipinski definition) is 3. The first kappa shape index (κ1) is 25.6. The molecule has 2 aromatic heterocycles. The lowest BCUT2D eigenvalue weighted by Gasteiger charge is -2.37. The lowest BCUT2D eigenvalue weighted by molar-refractivity contribution is -0.137. The first-order valence-electron chi connectivity index (χ1n) is 12.1.